The lowest BCUT2D eigenvalue weighted by Crippen LogP contribution is -2.67. The van der Waals surface area contributed by atoms with Crippen molar-refractivity contribution in [3.8, 4) is 22.6 Å². The number of phenolic OH excluding ortho intramolecular Hbond substituents is 1. The van der Waals surface area contributed by atoms with Gasteiger partial charge in [0.1, 0.15) is 35.6 Å². The SMILES string of the molecule is O=c1c(-c2ccc(O)cc2)coc2cc(O[C@@H]3OC(CO)[C@H]4OOC4C3O)ccc12. The zero-order valence-electron chi connectivity index (χ0n) is 15.5. The second-order valence-electron chi connectivity index (χ2n) is 7.14. The zero-order valence-corrected chi connectivity index (χ0v) is 15.5. The van der Waals surface area contributed by atoms with Gasteiger partial charge < -0.3 is 29.2 Å². The molecule has 30 heavy (non-hydrogen) atoms. The van der Waals surface area contributed by atoms with E-state index >= 15 is 0 Å². The van der Waals surface area contributed by atoms with Crippen molar-refractivity contribution < 1.29 is 39.0 Å². The van der Waals surface area contributed by atoms with Crippen LogP contribution in [-0.2, 0) is 14.5 Å². The minimum Gasteiger partial charge on any atom is -0.508 e. The molecule has 3 unspecified atom stereocenters. The molecule has 0 amide bonds. The van der Waals surface area contributed by atoms with Gasteiger partial charge in [-0.05, 0) is 29.8 Å². The van der Waals surface area contributed by atoms with Crippen molar-refractivity contribution in [1.82, 2.24) is 0 Å². The molecule has 5 atom stereocenters. The van der Waals surface area contributed by atoms with Crippen molar-refractivity contribution in [1.29, 1.82) is 0 Å². The van der Waals surface area contributed by atoms with Crippen molar-refractivity contribution >= 4 is 11.0 Å². The van der Waals surface area contributed by atoms with E-state index in [1.807, 2.05) is 0 Å². The van der Waals surface area contributed by atoms with Gasteiger partial charge in [0.15, 0.2) is 17.6 Å². The van der Waals surface area contributed by atoms with Crippen LogP contribution in [0.2, 0.25) is 0 Å². The molecular weight excluding hydrogens is 396 g/mol. The molecule has 0 bridgehead atoms. The molecule has 9 nitrogen and oxygen atoms in total. The number of aromatic hydroxyl groups is 1. The second kappa shape index (κ2) is 7.38. The minimum absolute atomic E-state index is 0.103. The molecule has 156 valence electrons. The number of benzene rings is 2. The fourth-order valence-electron chi connectivity index (χ4n) is 3.59. The number of aliphatic hydroxyl groups excluding tert-OH is 2. The highest BCUT2D eigenvalue weighted by atomic mass is 17.3. The van der Waals surface area contributed by atoms with Gasteiger partial charge in [-0.1, -0.05) is 12.1 Å². The van der Waals surface area contributed by atoms with Crippen LogP contribution in [0.1, 0.15) is 0 Å². The van der Waals surface area contributed by atoms with Crippen molar-refractivity contribution in [2.75, 3.05) is 6.61 Å². The first-order chi connectivity index (χ1) is 14.5. The molecule has 2 aliphatic heterocycles. The van der Waals surface area contributed by atoms with Gasteiger partial charge in [-0.25, -0.2) is 9.78 Å². The van der Waals surface area contributed by atoms with Gasteiger partial charge >= 0.3 is 0 Å². The Morgan fingerprint density at radius 1 is 1.03 bits per heavy atom. The Morgan fingerprint density at radius 2 is 1.80 bits per heavy atom. The third kappa shape index (κ3) is 3.13. The first kappa shape index (κ1) is 19.0. The van der Waals surface area contributed by atoms with Gasteiger partial charge in [0.05, 0.1) is 17.6 Å². The normalized spacial score (nSPS) is 28.0. The molecule has 5 rings (SSSR count). The topological polar surface area (TPSA) is 128 Å². The zero-order chi connectivity index (χ0) is 20.8. The van der Waals surface area contributed by atoms with Gasteiger partial charge in [-0.3, -0.25) is 4.79 Å². The fraction of sp³-hybridized carbons (Fsp3) is 0.286. The molecule has 1 aromatic heterocycles. The van der Waals surface area contributed by atoms with Crippen LogP contribution in [-0.4, -0.2) is 52.6 Å². The van der Waals surface area contributed by atoms with E-state index in [0.29, 0.717) is 27.8 Å². The molecule has 0 aliphatic carbocycles. The van der Waals surface area contributed by atoms with Gasteiger partial charge in [-0.2, -0.15) is 0 Å². The Balaban J connectivity index is 1.42. The van der Waals surface area contributed by atoms with Crippen LogP contribution >= 0.6 is 0 Å². The average molecular weight is 414 g/mol. The van der Waals surface area contributed by atoms with E-state index in [9.17, 15) is 20.1 Å². The summed E-state index contributed by atoms with van der Waals surface area (Å²) in [6, 6.07) is 10.9. The summed E-state index contributed by atoms with van der Waals surface area (Å²) in [5, 5.41) is 29.5. The largest absolute Gasteiger partial charge is 0.508 e. The van der Waals surface area contributed by atoms with Crippen molar-refractivity contribution in [3.05, 3.63) is 59.0 Å². The van der Waals surface area contributed by atoms with Gasteiger partial charge in [0.2, 0.25) is 6.29 Å². The monoisotopic (exact) mass is 414 g/mol. The predicted molar refractivity (Wildman–Crippen MR) is 102 cm³/mol. The molecule has 2 aliphatic rings. The Morgan fingerprint density at radius 3 is 2.50 bits per heavy atom. The lowest BCUT2D eigenvalue weighted by atomic mass is 9.98. The fourth-order valence-corrected chi connectivity index (χ4v) is 3.59. The molecular formula is C21H18O9. The Labute approximate surface area is 169 Å². The van der Waals surface area contributed by atoms with E-state index < -0.39 is 30.7 Å². The number of ether oxygens (including phenoxy) is 2. The highest BCUT2D eigenvalue weighted by molar-refractivity contribution is 5.82. The minimum atomic E-state index is -1.12. The van der Waals surface area contributed by atoms with Crippen LogP contribution in [0.25, 0.3) is 22.1 Å². The third-order valence-electron chi connectivity index (χ3n) is 5.25. The van der Waals surface area contributed by atoms with Gasteiger partial charge in [0.25, 0.3) is 0 Å². The predicted octanol–water partition coefficient (Wildman–Crippen LogP) is 1.32. The van der Waals surface area contributed by atoms with E-state index in [4.69, 9.17) is 23.7 Å². The Bertz CT molecular complexity index is 1120. The first-order valence-corrected chi connectivity index (χ1v) is 9.33. The van der Waals surface area contributed by atoms with Crippen LogP contribution in [0.3, 0.4) is 0 Å². The number of hydrogen-bond donors (Lipinski definition) is 3. The lowest BCUT2D eigenvalue weighted by Gasteiger charge is -2.47. The quantitative estimate of drug-likeness (QED) is 0.542. The molecule has 3 N–H and O–H groups in total. The molecule has 2 saturated heterocycles. The maximum atomic E-state index is 12.8. The highest BCUT2D eigenvalue weighted by Gasteiger charge is 2.54. The van der Waals surface area contributed by atoms with Crippen LogP contribution in [0.5, 0.6) is 11.5 Å². The molecule has 2 aromatic carbocycles. The number of phenols is 1. The summed E-state index contributed by atoms with van der Waals surface area (Å²) in [4.78, 5) is 22.6. The van der Waals surface area contributed by atoms with E-state index in [-0.39, 0.29) is 17.8 Å². The standard InChI is InChI=1S/C21H18O9/c22-8-16-19-20(30-29-19)18(25)21(28-16)27-12-5-6-13-15(7-12)26-9-14(17(13)24)10-1-3-11(23)4-2-10/h1-7,9,16,18-23,25H,8H2/t16?,18?,19-,20?,21-/m1/s1. The molecule has 0 saturated carbocycles. The third-order valence-corrected chi connectivity index (χ3v) is 5.25. The Kier molecular flexibility index (Phi) is 4.69. The second-order valence-corrected chi connectivity index (χ2v) is 7.14. The summed E-state index contributed by atoms with van der Waals surface area (Å²) in [7, 11) is 0. The van der Waals surface area contributed by atoms with E-state index in [1.54, 1.807) is 24.3 Å². The van der Waals surface area contributed by atoms with Crippen molar-refractivity contribution in [2.45, 2.75) is 30.7 Å². The first-order valence-electron chi connectivity index (χ1n) is 9.33. The van der Waals surface area contributed by atoms with E-state index in [1.165, 1.54) is 24.5 Å². The maximum Gasteiger partial charge on any atom is 0.229 e. The highest BCUT2D eigenvalue weighted by Crippen LogP contribution is 2.34. The van der Waals surface area contributed by atoms with Crippen molar-refractivity contribution in [3.63, 3.8) is 0 Å². The average Bonchev–Trinajstić information content (AvgIpc) is 2.72. The number of fused-ring (bicyclic) bond motifs is 2. The lowest BCUT2D eigenvalue weighted by molar-refractivity contribution is -0.517. The van der Waals surface area contributed by atoms with E-state index in [2.05, 4.69) is 0 Å². The summed E-state index contributed by atoms with van der Waals surface area (Å²) in [6.45, 7) is -0.316. The molecule has 3 aromatic rings. The molecule has 0 spiro atoms. The van der Waals surface area contributed by atoms with Crippen LogP contribution in [0.15, 0.2) is 57.9 Å². The molecule has 9 heteroatoms. The molecule has 3 heterocycles. The summed E-state index contributed by atoms with van der Waals surface area (Å²) < 4.78 is 16.9. The summed E-state index contributed by atoms with van der Waals surface area (Å²) in [5.74, 6) is 0.411. The van der Waals surface area contributed by atoms with Crippen LogP contribution < -0.4 is 10.2 Å². The summed E-state index contributed by atoms with van der Waals surface area (Å²) in [5.41, 5.74) is 1.05. The number of hydrogen-bond acceptors (Lipinski definition) is 9. The van der Waals surface area contributed by atoms with Crippen LogP contribution in [0.4, 0.5) is 0 Å². The summed E-state index contributed by atoms with van der Waals surface area (Å²) in [6.07, 6.45) is -2.77. The molecule has 2 fully saturated rings. The van der Waals surface area contributed by atoms with Crippen LogP contribution in [0, 0.1) is 0 Å². The molecule has 0 radical (unpaired) electrons. The number of rotatable bonds is 4. The maximum absolute atomic E-state index is 12.8. The van der Waals surface area contributed by atoms with Crippen molar-refractivity contribution in [2.24, 2.45) is 0 Å². The summed E-state index contributed by atoms with van der Waals surface area (Å²) >= 11 is 0. The van der Waals surface area contributed by atoms with E-state index in [0.717, 1.165) is 0 Å². The van der Waals surface area contributed by atoms with Gasteiger partial charge in [0, 0.05) is 6.07 Å². The van der Waals surface area contributed by atoms with Gasteiger partial charge in [-0.15, -0.1) is 0 Å². The smallest absolute Gasteiger partial charge is 0.229 e. The Hall–Kier alpha value is -2.95. The number of aliphatic hydroxyl groups is 2.